The lowest BCUT2D eigenvalue weighted by atomic mass is 9.77. The van der Waals surface area contributed by atoms with Gasteiger partial charge < -0.3 is 18.9 Å². The first-order chi connectivity index (χ1) is 22.8. The average molecular weight is 670 g/mol. The molecule has 3 aliphatic heterocycles. The van der Waals surface area contributed by atoms with Crippen molar-refractivity contribution in [3.05, 3.63) is 112 Å². The summed E-state index contributed by atoms with van der Waals surface area (Å²) in [5, 5.41) is 6.96. The minimum atomic E-state index is -4.01. The molecule has 0 radical (unpaired) electrons. The lowest BCUT2D eigenvalue weighted by molar-refractivity contribution is 0.0680. The molecule has 1 saturated carbocycles. The van der Waals surface area contributed by atoms with Crippen LogP contribution in [-0.2, 0) is 10.0 Å². The Bertz CT molecular complexity index is 2080. The Kier molecular flexibility index (Phi) is 7.30. The van der Waals surface area contributed by atoms with Crippen LogP contribution in [0.15, 0.2) is 100 Å². The maximum absolute atomic E-state index is 14.4. The third-order valence-corrected chi connectivity index (χ3v) is 10.3. The average Bonchev–Trinajstić information content (AvgIpc) is 3.84. The Morgan fingerprint density at radius 2 is 1.60 bits per heavy atom. The van der Waals surface area contributed by atoms with Gasteiger partial charge in [0.25, 0.3) is 15.9 Å². The van der Waals surface area contributed by atoms with Gasteiger partial charge in [-0.2, -0.15) is 5.10 Å². The maximum atomic E-state index is 14.4. The number of nitrogens with one attached hydrogen (secondary N) is 1. The summed E-state index contributed by atoms with van der Waals surface area (Å²) in [4.78, 5) is 14.3. The van der Waals surface area contributed by atoms with Crippen LogP contribution in [0.5, 0.6) is 23.0 Å². The number of anilines is 1. The first kappa shape index (κ1) is 29.4. The number of carbonyl (C=O) groups is 1. The van der Waals surface area contributed by atoms with Crippen LogP contribution < -0.4 is 23.7 Å². The number of hydrogen-bond donors (Lipinski definition) is 1. The van der Waals surface area contributed by atoms with Crippen molar-refractivity contribution >= 4 is 45.0 Å². The predicted octanol–water partition coefficient (Wildman–Crippen LogP) is 7.04. The summed E-state index contributed by atoms with van der Waals surface area (Å²) in [6.45, 7) is 0.323. The molecule has 1 amide bonds. The van der Waals surface area contributed by atoms with Gasteiger partial charge in [0.05, 0.1) is 16.6 Å². The van der Waals surface area contributed by atoms with E-state index in [0.717, 1.165) is 41.7 Å². The SMILES string of the molecule is O=C(c1cccc(S(=O)(=O)Nc2ccc(Cl)cc2)c1)N1N=C2/C(=C\c3ccc4c(c3)OCO4)CCC[C@@H]2[C@@H]1c1ccc2c(c1)OCO2. The third kappa shape index (κ3) is 5.55. The second-order valence-corrected chi connectivity index (χ2v) is 13.7. The summed E-state index contributed by atoms with van der Waals surface area (Å²) in [5.74, 6) is 2.14. The topological polar surface area (TPSA) is 116 Å². The lowest BCUT2D eigenvalue weighted by Crippen LogP contribution is -2.32. The first-order valence-corrected chi connectivity index (χ1v) is 17.0. The summed E-state index contributed by atoms with van der Waals surface area (Å²) in [6, 6.07) is 23.4. The Balaban J connectivity index is 1.16. The number of amides is 1. The minimum absolute atomic E-state index is 0.0504. The van der Waals surface area contributed by atoms with Crippen molar-refractivity contribution in [1.29, 1.82) is 0 Å². The van der Waals surface area contributed by atoms with Crippen molar-refractivity contribution in [1.82, 2.24) is 5.01 Å². The number of halogens is 1. The molecule has 0 aromatic heterocycles. The van der Waals surface area contributed by atoms with Crippen molar-refractivity contribution in [2.45, 2.75) is 30.2 Å². The van der Waals surface area contributed by atoms with Crippen LogP contribution in [0.25, 0.3) is 6.08 Å². The molecule has 1 N–H and O–H groups in total. The number of allylic oxidation sites excluding steroid dienone is 1. The fourth-order valence-electron chi connectivity index (χ4n) is 6.46. The molecule has 4 aromatic carbocycles. The van der Waals surface area contributed by atoms with E-state index >= 15 is 0 Å². The van der Waals surface area contributed by atoms with Crippen LogP contribution in [-0.4, -0.2) is 38.6 Å². The second-order valence-electron chi connectivity index (χ2n) is 11.6. The van der Waals surface area contributed by atoms with Crippen molar-refractivity contribution in [2.75, 3.05) is 18.3 Å². The number of sulfonamides is 1. The molecule has 3 heterocycles. The van der Waals surface area contributed by atoms with Crippen molar-refractivity contribution in [3.8, 4) is 23.0 Å². The van der Waals surface area contributed by atoms with E-state index in [0.29, 0.717) is 33.7 Å². The maximum Gasteiger partial charge on any atom is 0.274 e. The number of nitrogens with zero attached hydrogens (tertiary/aromatic N) is 2. The molecule has 2 atom stereocenters. The zero-order valence-corrected chi connectivity index (χ0v) is 26.5. The molecule has 47 heavy (non-hydrogen) atoms. The number of carbonyl (C=O) groups excluding carboxylic acids is 1. The van der Waals surface area contributed by atoms with Crippen LogP contribution in [0.2, 0.25) is 5.02 Å². The van der Waals surface area contributed by atoms with Gasteiger partial charge in [-0.3, -0.25) is 9.52 Å². The van der Waals surface area contributed by atoms with Gasteiger partial charge in [-0.05, 0) is 109 Å². The summed E-state index contributed by atoms with van der Waals surface area (Å²) in [6.07, 6.45) is 4.61. The van der Waals surface area contributed by atoms with E-state index in [1.165, 1.54) is 17.1 Å². The molecule has 0 bridgehead atoms. The number of fused-ring (bicyclic) bond motifs is 3. The second kappa shape index (κ2) is 11.7. The Labute approximate surface area is 276 Å². The normalized spacial score (nSPS) is 20.2. The van der Waals surface area contributed by atoms with Crippen LogP contribution in [0.4, 0.5) is 5.69 Å². The van der Waals surface area contributed by atoms with E-state index in [2.05, 4.69) is 10.8 Å². The highest BCUT2D eigenvalue weighted by Crippen LogP contribution is 2.47. The van der Waals surface area contributed by atoms with E-state index in [-0.39, 0.29) is 30.0 Å². The molecule has 10 nitrogen and oxygen atoms in total. The van der Waals surface area contributed by atoms with E-state index < -0.39 is 22.0 Å². The summed E-state index contributed by atoms with van der Waals surface area (Å²) >= 11 is 5.96. The predicted molar refractivity (Wildman–Crippen MR) is 175 cm³/mol. The standard InChI is InChI=1S/C35H28ClN3O7S/c36-25-9-11-26(12-10-25)38-47(41,42)27-5-1-4-24(17-27)35(40)39-34(23-8-14-30-32(18-23)46-20-44-30)28-6-2-3-22(33(28)37-39)15-21-7-13-29-31(16-21)45-19-43-29/h1,4-5,7-18,28,34,38H,2-3,6,19-20H2/b22-15-/t28-,34-/m0/s1. The largest absolute Gasteiger partial charge is 0.454 e. The molecule has 1 aliphatic carbocycles. The van der Waals surface area contributed by atoms with E-state index in [1.807, 2.05) is 36.4 Å². The van der Waals surface area contributed by atoms with Crippen LogP contribution in [0.1, 0.15) is 46.8 Å². The molecule has 8 rings (SSSR count). The van der Waals surface area contributed by atoms with Crippen molar-refractivity contribution < 1.29 is 32.2 Å². The van der Waals surface area contributed by atoms with Crippen molar-refractivity contribution in [3.63, 3.8) is 0 Å². The summed E-state index contributed by atoms with van der Waals surface area (Å²) in [7, 11) is -4.01. The molecular formula is C35H28ClN3O7S. The number of benzene rings is 4. The van der Waals surface area contributed by atoms with Gasteiger partial charge in [0.1, 0.15) is 0 Å². The monoisotopic (exact) mass is 669 g/mol. The van der Waals surface area contributed by atoms with Crippen LogP contribution >= 0.6 is 11.6 Å². The van der Waals surface area contributed by atoms with E-state index in [4.69, 9.17) is 35.6 Å². The van der Waals surface area contributed by atoms with Gasteiger partial charge in [0.15, 0.2) is 23.0 Å². The molecule has 4 aliphatic rings. The van der Waals surface area contributed by atoms with Crippen LogP contribution in [0, 0.1) is 5.92 Å². The zero-order valence-electron chi connectivity index (χ0n) is 24.9. The highest BCUT2D eigenvalue weighted by molar-refractivity contribution is 7.92. The summed E-state index contributed by atoms with van der Waals surface area (Å²) < 4.78 is 51.5. The van der Waals surface area contributed by atoms with E-state index in [1.54, 1.807) is 36.4 Å². The minimum Gasteiger partial charge on any atom is -0.454 e. The lowest BCUT2D eigenvalue weighted by Gasteiger charge is -2.30. The Hall–Kier alpha value is -5.00. The molecule has 1 fully saturated rings. The van der Waals surface area contributed by atoms with Crippen LogP contribution in [0.3, 0.4) is 0 Å². The fraction of sp³-hybridized carbons (Fsp3) is 0.200. The quantitative estimate of drug-likeness (QED) is 0.234. The summed E-state index contributed by atoms with van der Waals surface area (Å²) in [5.41, 5.74) is 4.21. The highest BCUT2D eigenvalue weighted by Gasteiger charge is 2.44. The smallest absolute Gasteiger partial charge is 0.274 e. The Morgan fingerprint density at radius 3 is 2.38 bits per heavy atom. The molecular weight excluding hydrogens is 642 g/mol. The number of ether oxygens (including phenoxy) is 4. The molecule has 238 valence electrons. The molecule has 0 saturated heterocycles. The van der Waals surface area contributed by atoms with Gasteiger partial charge in [0, 0.05) is 22.2 Å². The number of rotatable bonds is 6. The van der Waals surface area contributed by atoms with Gasteiger partial charge in [-0.1, -0.05) is 29.8 Å². The van der Waals surface area contributed by atoms with Gasteiger partial charge >= 0.3 is 0 Å². The van der Waals surface area contributed by atoms with Crippen molar-refractivity contribution in [2.24, 2.45) is 11.0 Å². The molecule has 4 aromatic rings. The van der Waals surface area contributed by atoms with Gasteiger partial charge in [-0.25, -0.2) is 13.4 Å². The fourth-order valence-corrected chi connectivity index (χ4v) is 7.69. The van der Waals surface area contributed by atoms with Gasteiger partial charge in [0.2, 0.25) is 13.6 Å². The van der Waals surface area contributed by atoms with E-state index in [9.17, 15) is 13.2 Å². The molecule has 12 heteroatoms. The van der Waals surface area contributed by atoms with Gasteiger partial charge in [-0.15, -0.1) is 0 Å². The number of hydrogen-bond acceptors (Lipinski definition) is 8. The Morgan fingerprint density at radius 1 is 0.872 bits per heavy atom. The molecule has 0 spiro atoms. The number of hydrazone groups is 1. The first-order valence-electron chi connectivity index (χ1n) is 15.1. The zero-order chi connectivity index (χ0) is 32.1. The third-order valence-electron chi connectivity index (χ3n) is 8.67. The highest BCUT2D eigenvalue weighted by atomic mass is 35.5. The molecule has 0 unspecified atom stereocenters.